The van der Waals surface area contributed by atoms with Gasteiger partial charge >= 0.3 is 5.97 Å². The molecule has 0 radical (unpaired) electrons. The number of para-hydroxylation sites is 1. The predicted octanol–water partition coefficient (Wildman–Crippen LogP) is 3.68. The van der Waals surface area contributed by atoms with E-state index in [-0.39, 0.29) is 5.56 Å². The predicted molar refractivity (Wildman–Crippen MR) is 87.8 cm³/mol. The molecular formula is C18H21NO3. The molecular weight excluding hydrogens is 278 g/mol. The molecule has 2 rings (SSSR count). The van der Waals surface area contributed by atoms with E-state index < -0.39 is 5.97 Å². The fourth-order valence-corrected chi connectivity index (χ4v) is 2.26. The Kier molecular flexibility index (Phi) is 5.42. The smallest absolute Gasteiger partial charge is 0.335 e. The van der Waals surface area contributed by atoms with E-state index in [9.17, 15) is 4.79 Å². The molecule has 0 aliphatic carbocycles. The van der Waals surface area contributed by atoms with Crippen LogP contribution in [0.3, 0.4) is 0 Å². The quantitative estimate of drug-likeness (QED) is 0.847. The molecule has 22 heavy (non-hydrogen) atoms. The van der Waals surface area contributed by atoms with E-state index in [1.807, 2.05) is 18.2 Å². The summed E-state index contributed by atoms with van der Waals surface area (Å²) in [5.74, 6) is -0.247. The van der Waals surface area contributed by atoms with E-state index in [1.165, 1.54) is 5.69 Å². The first kappa shape index (κ1) is 15.9. The maximum absolute atomic E-state index is 10.8. The lowest BCUT2D eigenvalue weighted by Gasteiger charge is -2.29. The molecule has 0 heterocycles. The Labute approximate surface area is 131 Å². The van der Waals surface area contributed by atoms with Gasteiger partial charge in [-0.1, -0.05) is 18.2 Å². The highest BCUT2D eigenvalue weighted by molar-refractivity contribution is 5.87. The lowest BCUT2D eigenvalue weighted by molar-refractivity contribution is 0.0697. The number of nitrogens with zero attached hydrogens (tertiary/aromatic N) is 1. The Balaban J connectivity index is 1.92. The van der Waals surface area contributed by atoms with Gasteiger partial charge < -0.3 is 14.7 Å². The van der Waals surface area contributed by atoms with Crippen LogP contribution in [0.5, 0.6) is 5.75 Å². The van der Waals surface area contributed by atoms with Gasteiger partial charge in [0, 0.05) is 11.7 Å². The molecule has 2 aromatic carbocycles. The van der Waals surface area contributed by atoms with Crippen LogP contribution in [-0.4, -0.2) is 30.3 Å². The average Bonchev–Trinajstić information content (AvgIpc) is 2.52. The topological polar surface area (TPSA) is 49.8 Å². The summed E-state index contributed by atoms with van der Waals surface area (Å²) in [5.41, 5.74) is 1.43. The Morgan fingerprint density at radius 2 is 1.73 bits per heavy atom. The largest absolute Gasteiger partial charge is 0.492 e. The molecule has 0 fully saturated rings. The van der Waals surface area contributed by atoms with Crippen LogP contribution in [0.1, 0.15) is 24.2 Å². The molecule has 0 unspecified atom stereocenters. The number of hydrogen-bond donors (Lipinski definition) is 1. The van der Waals surface area contributed by atoms with Gasteiger partial charge in [0.1, 0.15) is 12.4 Å². The summed E-state index contributed by atoms with van der Waals surface area (Å²) in [6, 6.07) is 17.1. The molecule has 0 spiro atoms. The third kappa shape index (κ3) is 4.25. The summed E-state index contributed by atoms with van der Waals surface area (Å²) >= 11 is 0. The maximum Gasteiger partial charge on any atom is 0.335 e. The molecule has 0 atom stereocenters. The second-order valence-electron chi connectivity index (χ2n) is 5.30. The fourth-order valence-electron chi connectivity index (χ4n) is 2.26. The van der Waals surface area contributed by atoms with Crippen LogP contribution in [0, 0.1) is 0 Å². The van der Waals surface area contributed by atoms with Crippen LogP contribution in [0.2, 0.25) is 0 Å². The van der Waals surface area contributed by atoms with Gasteiger partial charge in [-0.05, 0) is 50.2 Å². The number of rotatable bonds is 7. The van der Waals surface area contributed by atoms with Crippen molar-refractivity contribution in [1.29, 1.82) is 0 Å². The maximum atomic E-state index is 10.8. The van der Waals surface area contributed by atoms with Crippen LogP contribution in [-0.2, 0) is 0 Å². The van der Waals surface area contributed by atoms with E-state index in [4.69, 9.17) is 9.84 Å². The van der Waals surface area contributed by atoms with E-state index >= 15 is 0 Å². The number of ether oxygens (including phenoxy) is 1. The molecule has 0 aromatic heterocycles. The van der Waals surface area contributed by atoms with Crippen molar-refractivity contribution in [2.75, 3.05) is 18.1 Å². The van der Waals surface area contributed by atoms with Gasteiger partial charge in [0.05, 0.1) is 12.1 Å². The van der Waals surface area contributed by atoms with E-state index in [1.54, 1.807) is 24.3 Å². The van der Waals surface area contributed by atoms with E-state index in [2.05, 4.69) is 30.9 Å². The zero-order valence-electron chi connectivity index (χ0n) is 12.9. The minimum Gasteiger partial charge on any atom is -0.492 e. The highest BCUT2D eigenvalue weighted by Crippen LogP contribution is 2.17. The molecule has 4 heteroatoms. The number of carbonyl (C=O) groups is 1. The highest BCUT2D eigenvalue weighted by atomic mass is 16.5. The van der Waals surface area contributed by atoms with E-state index in [0.717, 1.165) is 6.54 Å². The van der Waals surface area contributed by atoms with E-state index in [0.29, 0.717) is 18.4 Å². The normalized spacial score (nSPS) is 10.5. The van der Waals surface area contributed by atoms with Crippen LogP contribution >= 0.6 is 0 Å². The second-order valence-corrected chi connectivity index (χ2v) is 5.30. The van der Waals surface area contributed by atoms with Gasteiger partial charge in [-0.2, -0.15) is 0 Å². The minimum atomic E-state index is -0.929. The summed E-state index contributed by atoms with van der Waals surface area (Å²) < 4.78 is 5.71. The zero-order chi connectivity index (χ0) is 15.9. The highest BCUT2D eigenvalue weighted by Gasteiger charge is 2.10. The van der Waals surface area contributed by atoms with Crippen molar-refractivity contribution >= 4 is 11.7 Å². The monoisotopic (exact) mass is 299 g/mol. The van der Waals surface area contributed by atoms with Crippen molar-refractivity contribution < 1.29 is 14.6 Å². The molecule has 116 valence electrons. The summed E-state index contributed by atoms with van der Waals surface area (Å²) in [5, 5.41) is 8.86. The lowest BCUT2D eigenvalue weighted by atomic mass is 10.2. The van der Waals surface area contributed by atoms with Crippen LogP contribution < -0.4 is 9.64 Å². The summed E-state index contributed by atoms with van der Waals surface area (Å²) in [7, 11) is 0. The number of hydrogen-bond acceptors (Lipinski definition) is 3. The number of carboxylic acids is 1. The first-order chi connectivity index (χ1) is 10.6. The molecule has 0 aliphatic rings. The Morgan fingerprint density at radius 1 is 1.09 bits per heavy atom. The average molecular weight is 299 g/mol. The third-order valence-electron chi connectivity index (χ3n) is 3.41. The van der Waals surface area contributed by atoms with Gasteiger partial charge in [-0.25, -0.2) is 4.79 Å². The third-order valence-corrected chi connectivity index (χ3v) is 3.41. The van der Waals surface area contributed by atoms with Gasteiger partial charge in [0.25, 0.3) is 0 Å². The first-order valence-corrected chi connectivity index (χ1v) is 7.36. The molecule has 0 saturated carbocycles. The number of benzene rings is 2. The molecule has 0 aliphatic heterocycles. The Morgan fingerprint density at radius 3 is 2.27 bits per heavy atom. The van der Waals surface area contributed by atoms with Gasteiger partial charge in [0.2, 0.25) is 0 Å². The molecule has 0 bridgehead atoms. The summed E-state index contributed by atoms with van der Waals surface area (Å²) in [4.78, 5) is 13.1. The van der Waals surface area contributed by atoms with Crippen molar-refractivity contribution in [2.45, 2.75) is 19.9 Å². The van der Waals surface area contributed by atoms with Crippen LogP contribution in [0.25, 0.3) is 0 Å². The Bertz CT molecular complexity index is 593. The molecule has 2 aromatic rings. The van der Waals surface area contributed by atoms with Crippen LogP contribution in [0.15, 0.2) is 54.6 Å². The van der Waals surface area contributed by atoms with Gasteiger partial charge in [0.15, 0.2) is 0 Å². The molecule has 0 amide bonds. The van der Waals surface area contributed by atoms with Crippen molar-refractivity contribution in [3.05, 3.63) is 60.2 Å². The Hall–Kier alpha value is -2.49. The SMILES string of the molecule is CC(C)N(CCOc1ccc(C(=O)O)cc1)c1ccccc1. The number of carboxylic acid groups (broad SMARTS) is 1. The van der Waals surface area contributed by atoms with Crippen molar-refractivity contribution in [1.82, 2.24) is 0 Å². The lowest BCUT2D eigenvalue weighted by Crippen LogP contribution is -2.34. The van der Waals surface area contributed by atoms with Gasteiger partial charge in [-0.15, -0.1) is 0 Å². The molecule has 4 nitrogen and oxygen atoms in total. The minimum absolute atomic E-state index is 0.264. The summed E-state index contributed by atoms with van der Waals surface area (Å²) in [6.45, 7) is 5.60. The first-order valence-electron chi connectivity index (χ1n) is 7.36. The van der Waals surface area contributed by atoms with Crippen molar-refractivity contribution in [3.8, 4) is 5.75 Å². The standard InChI is InChI=1S/C18H21NO3/c1-14(2)19(16-6-4-3-5-7-16)12-13-22-17-10-8-15(9-11-17)18(20)21/h3-11,14H,12-13H2,1-2H3,(H,20,21). The fraction of sp³-hybridized carbons (Fsp3) is 0.278. The van der Waals surface area contributed by atoms with Gasteiger partial charge in [-0.3, -0.25) is 0 Å². The van der Waals surface area contributed by atoms with Crippen LogP contribution in [0.4, 0.5) is 5.69 Å². The van der Waals surface area contributed by atoms with Crippen molar-refractivity contribution in [2.24, 2.45) is 0 Å². The second kappa shape index (κ2) is 7.50. The molecule has 0 saturated heterocycles. The number of anilines is 1. The molecule has 1 N–H and O–H groups in total. The number of aromatic carboxylic acids is 1. The van der Waals surface area contributed by atoms with Crippen molar-refractivity contribution in [3.63, 3.8) is 0 Å². The summed E-state index contributed by atoms with van der Waals surface area (Å²) in [6.07, 6.45) is 0. The zero-order valence-corrected chi connectivity index (χ0v) is 12.9.